The number of carbonyl (C=O) groups excluding carboxylic acids is 2. The number of ether oxygens (including phenoxy) is 1. The number of nitrogens with one attached hydrogen (secondary N) is 1. The fraction of sp³-hybridized carbons (Fsp3) is 0.956. The van der Waals surface area contributed by atoms with Crippen molar-refractivity contribution in [3.63, 3.8) is 0 Å². The van der Waals surface area contributed by atoms with Crippen LogP contribution in [0.3, 0.4) is 0 Å². The van der Waals surface area contributed by atoms with E-state index in [1.54, 1.807) is 21.6 Å². The van der Waals surface area contributed by atoms with Crippen molar-refractivity contribution in [2.45, 2.75) is 246 Å². The zero-order valence-corrected chi connectivity index (χ0v) is 37.3. The summed E-state index contributed by atoms with van der Waals surface area (Å²) in [4.78, 5) is 27.2. The van der Waals surface area contributed by atoms with Crippen molar-refractivity contribution in [3.8, 4) is 0 Å². The van der Waals surface area contributed by atoms with Crippen LogP contribution in [0.4, 0.5) is 4.79 Å². The molecule has 0 atom stereocenters. The minimum absolute atomic E-state index is 0.277. The molecule has 0 aliphatic carbocycles. The molecule has 0 heterocycles. The van der Waals surface area contributed by atoms with Crippen LogP contribution in [-0.2, 0) is 9.53 Å². The van der Waals surface area contributed by atoms with E-state index in [-0.39, 0.29) is 12.0 Å². The summed E-state index contributed by atoms with van der Waals surface area (Å²) in [5.41, 5.74) is -0.485. The SMILES string of the molecule is CCCCCCCCCCCCCCCCCCN(CCCCCCCCCCCCCCCCCC)C(=O)CSSCCNC(=O)OC(C)(C)C. The van der Waals surface area contributed by atoms with E-state index >= 15 is 0 Å². The fourth-order valence-corrected chi connectivity index (χ4v) is 8.64. The van der Waals surface area contributed by atoms with Gasteiger partial charge in [0.2, 0.25) is 5.91 Å². The molecule has 0 radical (unpaired) electrons. The summed E-state index contributed by atoms with van der Waals surface area (Å²) >= 11 is 0. The number of nitrogens with zero attached hydrogens (tertiary/aromatic N) is 1. The Morgan fingerprint density at radius 2 is 0.788 bits per heavy atom. The molecule has 0 rings (SSSR count). The van der Waals surface area contributed by atoms with Crippen LogP contribution in [0, 0.1) is 0 Å². The van der Waals surface area contributed by atoms with Gasteiger partial charge in [0.25, 0.3) is 0 Å². The van der Waals surface area contributed by atoms with E-state index in [1.165, 1.54) is 193 Å². The minimum Gasteiger partial charge on any atom is -0.444 e. The Kier molecular flexibility index (Phi) is 39.7. The summed E-state index contributed by atoms with van der Waals surface area (Å²) in [6.45, 7) is 12.5. The molecule has 0 bridgehead atoms. The highest BCUT2D eigenvalue weighted by atomic mass is 33.1. The van der Waals surface area contributed by atoms with Gasteiger partial charge in [-0.25, -0.2) is 4.79 Å². The zero-order valence-electron chi connectivity index (χ0n) is 35.7. The third-order valence-electron chi connectivity index (χ3n) is 10.0. The molecule has 0 aromatic carbocycles. The third-order valence-corrected chi connectivity index (χ3v) is 12.3. The van der Waals surface area contributed by atoms with Gasteiger partial charge in [0.15, 0.2) is 0 Å². The summed E-state index contributed by atoms with van der Waals surface area (Å²) in [6.07, 6.45) is 43.5. The van der Waals surface area contributed by atoms with Crippen molar-refractivity contribution >= 4 is 33.6 Å². The molecule has 0 unspecified atom stereocenters. The first-order chi connectivity index (χ1) is 25.3. The molecule has 0 aliphatic rings. The quantitative estimate of drug-likeness (QED) is 0.0497. The maximum atomic E-state index is 13.2. The molecule has 5 nitrogen and oxygen atoms in total. The van der Waals surface area contributed by atoms with E-state index < -0.39 is 5.60 Å². The van der Waals surface area contributed by atoms with Gasteiger partial charge in [-0.3, -0.25) is 4.79 Å². The smallest absolute Gasteiger partial charge is 0.407 e. The number of alkyl carbamates (subject to hydrolysis) is 1. The average Bonchev–Trinajstić information content (AvgIpc) is 3.10. The first kappa shape index (κ1) is 51.4. The monoisotopic (exact) mass is 771 g/mol. The van der Waals surface area contributed by atoms with Crippen molar-refractivity contribution in [3.05, 3.63) is 0 Å². The molecule has 310 valence electrons. The Labute approximate surface area is 333 Å². The lowest BCUT2D eigenvalue weighted by molar-refractivity contribution is -0.128. The summed E-state index contributed by atoms with van der Waals surface area (Å²) in [5, 5.41) is 2.81. The van der Waals surface area contributed by atoms with Gasteiger partial charge >= 0.3 is 6.09 Å². The number of amides is 2. The molecule has 0 aromatic heterocycles. The molecule has 7 heteroatoms. The molecule has 0 fully saturated rings. The van der Waals surface area contributed by atoms with E-state index in [0.717, 1.165) is 31.7 Å². The van der Waals surface area contributed by atoms with Crippen LogP contribution in [0.15, 0.2) is 0 Å². The molecular formula is C45H90N2O3S2. The van der Waals surface area contributed by atoms with Crippen molar-refractivity contribution in [1.82, 2.24) is 10.2 Å². The zero-order chi connectivity index (χ0) is 38.2. The Morgan fingerprint density at radius 3 is 1.10 bits per heavy atom. The maximum Gasteiger partial charge on any atom is 0.407 e. The molecule has 0 aliphatic heterocycles. The average molecular weight is 771 g/mol. The second-order valence-electron chi connectivity index (χ2n) is 16.5. The van der Waals surface area contributed by atoms with E-state index in [4.69, 9.17) is 4.74 Å². The van der Waals surface area contributed by atoms with Crippen molar-refractivity contribution < 1.29 is 14.3 Å². The summed E-state index contributed by atoms with van der Waals surface area (Å²) in [7, 11) is 3.27. The highest BCUT2D eigenvalue weighted by Crippen LogP contribution is 2.22. The highest BCUT2D eigenvalue weighted by Gasteiger charge is 2.16. The van der Waals surface area contributed by atoms with Crippen LogP contribution in [0.5, 0.6) is 0 Å². The maximum absolute atomic E-state index is 13.2. The van der Waals surface area contributed by atoms with E-state index in [2.05, 4.69) is 24.1 Å². The van der Waals surface area contributed by atoms with Gasteiger partial charge in [-0.05, 0) is 33.6 Å². The lowest BCUT2D eigenvalue weighted by Gasteiger charge is -2.23. The Balaban J connectivity index is 4.13. The van der Waals surface area contributed by atoms with Gasteiger partial charge in [0.1, 0.15) is 5.60 Å². The number of unbranched alkanes of at least 4 members (excludes halogenated alkanes) is 30. The van der Waals surface area contributed by atoms with Crippen molar-refractivity contribution in [1.29, 1.82) is 0 Å². The van der Waals surface area contributed by atoms with Crippen molar-refractivity contribution in [2.75, 3.05) is 31.1 Å². The Morgan fingerprint density at radius 1 is 0.481 bits per heavy atom. The van der Waals surface area contributed by atoms with Gasteiger partial charge in [0, 0.05) is 25.4 Å². The van der Waals surface area contributed by atoms with Gasteiger partial charge in [-0.15, -0.1) is 0 Å². The lowest BCUT2D eigenvalue weighted by atomic mass is 10.0. The minimum atomic E-state index is -0.485. The lowest BCUT2D eigenvalue weighted by Crippen LogP contribution is -2.34. The molecule has 2 amide bonds. The van der Waals surface area contributed by atoms with Gasteiger partial charge < -0.3 is 15.0 Å². The van der Waals surface area contributed by atoms with Crippen molar-refractivity contribution in [2.24, 2.45) is 0 Å². The standard InChI is InChI=1S/C45H90N2O3S2/c1-6-8-10-12-14-16-18-20-22-24-26-28-30-32-34-36-39-47(43(48)42-52-51-41-38-46-44(49)50-45(3,4)5)40-37-35-33-31-29-27-25-23-21-19-17-15-13-11-9-7-2/h6-42H2,1-5H3,(H,46,49). The summed E-state index contributed by atoms with van der Waals surface area (Å²) in [6, 6.07) is 0. The topological polar surface area (TPSA) is 58.6 Å². The van der Waals surface area contributed by atoms with Crippen LogP contribution < -0.4 is 5.32 Å². The fourth-order valence-electron chi connectivity index (χ4n) is 6.81. The van der Waals surface area contributed by atoms with E-state index in [1.807, 2.05) is 20.8 Å². The summed E-state index contributed by atoms with van der Waals surface area (Å²) < 4.78 is 5.30. The largest absolute Gasteiger partial charge is 0.444 e. The first-order valence-corrected chi connectivity index (χ1v) is 25.3. The molecule has 0 saturated heterocycles. The van der Waals surface area contributed by atoms with Crippen LogP contribution >= 0.6 is 21.6 Å². The Hall–Kier alpha value is -0.560. The normalized spacial score (nSPS) is 11.6. The number of hydrogen-bond acceptors (Lipinski definition) is 5. The first-order valence-electron chi connectivity index (χ1n) is 22.8. The van der Waals surface area contributed by atoms with Gasteiger partial charge in [0.05, 0.1) is 5.75 Å². The van der Waals surface area contributed by atoms with Crippen LogP contribution in [0.2, 0.25) is 0 Å². The number of carbonyl (C=O) groups is 2. The molecule has 0 saturated carbocycles. The van der Waals surface area contributed by atoms with Crippen LogP contribution in [0.25, 0.3) is 0 Å². The summed E-state index contributed by atoms with van der Waals surface area (Å²) in [5.74, 6) is 1.55. The second kappa shape index (κ2) is 40.1. The molecule has 0 aromatic rings. The second-order valence-corrected chi connectivity index (χ2v) is 19.1. The third kappa shape index (κ3) is 40.6. The highest BCUT2D eigenvalue weighted by molar-refractivity contribution is 8.76. The molecule has 0 spiro atoms. The van der Waals surface area contributed by atoms with Crippen LogP contribution in [0.1, 0.15) is 240 Å². The number of rotatable bonds is 40. The molecular weight excluding hydrogens is 681 g/mol. The molecule has 52 heavy (non-hydrogen) atoms. The number of hydrogen-bond donors (Lipinski definition) is 1. The molecule has 1 N–H and O–H groups in total. The predicted octanol–water partition coefficient (Wildman–Crippen LogP) is 15.2. The predicted molar refractivity (Wildman–Crippen MR) is 235 cm³/mol. The van der Waals surface area contributed by atoms with E-state index in [0.29, 0.717) is 12.3 Å². The van der Waals surface area contributed by atoms with Crippen LogP contribution in [-0.4, -0.2) is 53.6 Å². The van der Waals surface area contributed by atoms with Gasteiger partial charge in [-0.1, -0.05) is 228 Å². The Bertz CT molecular complexity index is 725. The van der Waals surface area contributed by atoms with E-state index in [9.17, 15) is 9.59 Å². The van der Waals surface area contributed by atoms with Gasteiger partial charge in [-0.2, -0.15) is 0 Å².